The first-order valence-electron chi connectivity index (χ1n) is 11.6. The molecule has 4 rings (SSSR count). The van der Waals surface area contributed by atoms with E-state index in [0.29, 0.717) is 17.6 Å². The first kappa shape index (κ1) is 19.6. The zero-order valence-corrected chi connectivity index (χ0v) is 17.2. The number of hydrogen-bond acceptors (Lipinski definition) is 2. The van der Waals surface area contributed by atoms with Gasteiger partial charge in [0.1, 0.15) is 5.78 Å². The van der Waals surface area contributed by atoms with Crippen molar-refractivity contribution >= 4 is 5.78 Å². The van der Waals surface area contributed by atoms with Crippen LogP contribution < -0.4 is 0 Å². The summed E-state index contributed by atoms with van der Waals surface area (Å²) in [6.07, 6.45) is 24.4. The van der Waals surface area contributed by atoms with Crippen LogP contribution >= 0.6 is 0 Å². The molecule has 2 saturated carbocycles. The van der Waals surface area contributed by atoms with Crippen molar-refractivity contribution in [3.8, 4) is 0 Å². The lowest BCUT2D eigenvalue weighted by Crippen LogP contribution is -2.22. The van der Waals surface area contributed by atoms with Crippen LogP contribution in [-0.4, -0.2) is 10.8 Å². The third kappa shape index (κ3) is 5.21. The average molecular weight is 378 g/mol. The number of hydrogen-bond donors (Lipinski definition) is 0. The molecule has 150 valence electrons. The van der Waals surface area contributed by atoms with Gasteiger partial charge in [-0.2, -0.15) is 0 Å². The molecule has 3 aliphatic rings. The second kappa shape index (κ2) is 9.67. The largest absolute Gasteiger partial charge is 0.299 e. The predicted molar refractivity (Wildman–Crippen MR) is 115 cm³/mol. The number of carbonyl (C=O) groups is 1. The molecule has 0 radical (unpaired) electrons. The monoisotopic (exact) mass is 377 g/mol. The van der Waals surface area contributed by atoms with Crippen molar-refractivity contribution in [3.63, 3.8) is 0 Å². The molecular formula is C26H35NO. The highest BCUT2D eigenvalue weighted by atomic mass is 16.1. The van der Waals surface area contributed by atoms with E-state index in [1.165, 1.54) is 61.7 Å². The summed E-state index contributed by atoms with van der Waals surface area (Å²) in [5.74, 6) is 2.35. The van der Waals surface area contributed by atoms with Crippen molar-refractivity contribution < 1.29 is 4.79 Å². The van der Waals surface area contributed by atoms with Gasteiger partial charge in [0.2, 0.25) is 0 Å². The summed E-state index contributed by atoms with van der Waals surface area (Å²) >= 11 is 0. The van der Waals surface area contributed by atoms with E-state index in [9.17, 15) is 4.79 Å². The molecule has 2 atom stereocenters. The summed E-state index contributed by atoms with van der Waals surface area (Å²) in [5, 5.41) is 0. The van der Waals surface area contributed by atoms with E-state index >= 15 is 0 Å². The van der Waals surface area contributed by atoms with Crippen molar-refractivity contribution in [2.24, 2.45) is 17.8 Å². The molecular weight excluding hydrogens is 342 g/mol. The minimum atomic E-state index is 0.293. The van der Waals surface area contributed by atoms with E-state index in [1.54, 1.807) is 0 Å². The van der Waals surface area contributed by atoms with Crippen LogP contribution in [0.15, 0.2) is 47.8 Å². The molecule has 2 unspecified atom stereocenters. The minimum absolute atomic E-state index is 0.293. The molecule has 0 aromatic carbocycles. The fraction of sp³-hybridized carbons (Fsp3) is 0.615. The van der Waals surface area contributed by atoms with E-state index in [1.807, 2.05) is 12.4 Å². The number of rotatable bonds is 8. The Morgan fingerprint density at radius 2 is 1.82 bits per heavy atom. The Hall–Kier alpha value is -1.70. The fourth-order valence-corrected chi connectivity index (χ4v) is 5.52. The van der Waals surface area contributed by atoms with Gasteiger partial charge in [-0.25, -0.2) is 0 Å². The van der Waals surface area contributed by atoms with Crippen LogP contribution in [0.4, 0.5) is 0 Å². The van der Waals surface area contributed by atoms with Gasteiger partial charge in [-0.05, 0) is 68.1 Å². The Bertz CT molecular complexity index is 711. The van der Waals surface area contributed by atoms with Crippen molar-refractivity contribution in [1.82, 2.24) is 4.98 Å². The highest BCUT2D eigenvalue weighted by molar-refractivity contribution is 5.81. The lowest BCUT2D eigenvalue weighted by Gasteiger charge is -2.27. The molecule has 0 aliphatic heterocycles. The number of nitrogens with zero attached hydrogens (tertiary/aromatic N) is 1. The number of aromatic nitrogens is 1. The molecule has 1 aromatic rings. The number of ketones is 1. The predicted octanol–water partition coefficient (Wildman–Crippen LogP) is 6.62. The summed E-state index contributed by atoms with van der Waals surface area (Å²) in [6, 6.07) is 4.22. The first-order chi connectivity index (χ1) is 13.8. The SMILES string of the molecule is O=C(CCCC1CCCCC1)C1CCC2C=C(CCc3ccncc3)C=C2C1. The molecule has 28 heavy (non-hydrogen) atoms. The molecule has 2 fully saturated rings. The Balaban J connectivity index is 1.22. The summed E-state index contributed by atoms with van der Waals surface area (Å²) in [5.41, 5.74) is 4.36. The summed E-state index contributed by atoms with van der Waals surface area (Å²) in [4.78, 5) is 16.9. The van der Waals surface area contributed by atoms with Crippen LogP contribution in [0.1, 0.15) is 82.6 Å². The molecule has 0 saturated heterocycles. The molecule has 1 heterocycles. The van der Waals surface area contributed by atoms with E-state index in [-0.39, 0.29) is 0 Å². The molecule has 0 spiro atoms. The summed E-state index contributed by atoms with van der Waals surface area (Å²) in [6.45, 7) is 0. The second-order valence-corrected chi connectivity index (χ2v) is 9.26. The number of aryl methyl sites for hydroxylation is 1. The lowest BCUT2D eigenvalue weighted by molar-refractivity contribution is -0.123. The Morgan fingerprint density at radius 3 is 2.64 bits per heavy atom. The maximum atomic E-state index is 12.8. The maximum Gasteiger partial charge on any atom is 0.136 e. The zero-order valence-electron chi connectivity index (χ0n) is 17.2. The van der Waals surface area contributed by atoms with Crippen molar-refractivity contribution in [1.29, 1.82) is 0 Å². The molecule has 1 aromatic heterocycles. The van der Waals surface area contributed by atoms with Gasteiger partial charge in [-0.1, -0.05) is 61.8 Å². The second-order valence-electron chi connectivity index (χ2n) is 9.26. The maximum absolute atomic E-state index is 12.8. The summed E-state index contributed by atoms with van der Waals surface area (Å²) in [7, 11) is 0. The quantitative estimate of drug-likeness (QED) is 0.510. The van der Waals surface area contributed by atoms with E-state index < -0.39 is 0 Å². The third-order valence-electron chi connectivity index (χ3n) is 7.24. The van der Waals surface area contributed by atoms with Crippen LogP contribution in [0.3, 0.4) is 0 Å². The smallest absolute Gasteiger partial charge is 0.136 e. The zero-order chi connectivity index (χ0) is 19.2. The van der Waals surface area contributed by atoms with Gasteiger partial charge in [0.15, 0.2) is 0 Å². The molecule has 0 amide bonds. The highest BCUT2D eigenvalue weighted by Gasteiger charge is 2.31. The number of allylic oxidation sites excluding steroid dienone is 4. The van der Waals surface area contributed by atoms with Gasteiger partial charge in [-0.15, -0.1) is 0 Å². The molecule has 2 heteroatoms. The molecule has 2 nitrogen and oxygen atoms in total. The summed E-state index contributed by atoms with van der Waals surface area (Å²) < 4.78 is 0. The lowest BCUT2D eigenvalue weighted by atomic mass is 9.77. The van der Waals surface area contributed by atoms with Gasteiger partial charge in [0, 0.05) is 24.7 Å². The van der Waals surface area contributed by atoms with Gasteiger partial charge < -0.3 is 0 Å². The number of Topliss-reactive ketones (excluding diaryl/α,β-unsaturated/α-hetero) is 1. The number of carbonyl (C=O) groups excluding carboxylic acids is 1. The van der Waals surface area contributed by atoms with E-state index in [4.69, 9.17) is 0 Å². The van der Waals surface area contributed by atoms with E-state index in [2.05, 4.69) is 29.3 Å². The topological polar surface area (TPSA) is 30.0 Å². The molecule has 0 N–H and O–H groups in total. The van der Waals surface area contributed by atoms with Crippen LogP contribution in [-0.2, 0) is 11.2 Å². The van der Waals surface area contributed by atoms with E-state index in [0.717, 1.165) is 44.4 Å². The highest BCUT2D eigenvalue weighted by Crippen LogP contribution is 2.41. The van der Waals surface area contributed by atoms with Crippen molar-refractivity contribution in [2.45, 2.75) is 83.5 Å². The molecule has 0 bridgehead atoms. The van der Waals surface area contributed by atoms with Crippen LogP contribution in [0.5, 0.6) is 0 Å². The average Bonchev–Trinajstić information content (AvgIpc) is 3.16. The van der Waals surface area contributed by atoms with Crippen LogP contribution in [0, 0.1) is 17.8 Å². The molecule has 3 aliphatic carbocycles. The standard InChI is InChI=1S/C26H35NO/c28-26(8-4-7-20-5-2-1-3-6-20)24-12-11-23-17-22(18-25(23)19-24)10-9-21-13-15-27-16-14-21/h13-18,20,23-24H,1-12,19H2. The van der Waals surface area contributed by atoms with Gasteiger partial charge in [0.25, 0.3) is 0 Å². The number of fused-ring (bicyclic) bond motifs is 1. The third-order valence-corrected chi connectivity index (χ3v) is 7.24. The fourth-order valence-electron chi connectivity index (χ4n) is 5.52. The van der Waals surface area contributed by atoms with Gasteiger partial charge in [0.05, 0.1) is 0 Å². The van der Waals surface area contributed by atoms with Gasteiger partial charge >= 0.3 is 0 Å². The van der Waals surface area contributed by atoms with Crippen molar-refractivity contribution in [2.75, 3.05) is 0 Å². The minimum Gasteiger partial charge on any atom is -0.299 e. The van der Waals surface area contributed by atoms with Crippen LogP contribution in [0.25, 0.3) is 0 Å². The Labute approximate surface area is 170 Å². The van der Waals surface area contributed by atoms with Crippen LogP contribution in [0.2, 0.25) is 0 Å². The van der Waals surface area contributed by atoms with Crippen molar-refractivity contribution in [3.05, 3.63) is 53.4 Å². The first-order valence-corrected chi connectivity index (χ1v) is 11.6. The number of pyridine rings is 1. The normalized spacial score (nSPS) is 25.1. The Morgan fingerprint density at radius 1 is 1.00 bits per heavy atom. The Kier molecular flexibility index (Phi) is 6.77. The van der Waals surface area contributed by atoms with Gasteiger partial charge in [-0.3, -0.25) is 9.78 Å².